The van der Waals surface area contributed by atoms with Crippen LogP contribution in [0.5, 0.6) is 0 Å². The molecule has 1 rings (SSSR count). The summed E-state index contributed by atoms with van der Waals surface area (Å²) in [4.78, 5) is 4.25. The van der Waals surface area contributed by atoms with Crippen LogP contribution in [0.1, 0.15) is 13.8 Å². The van der Waals surface area contributed by atoms with Crippen molar-refractivity contribution in [2.24, 2.45) is 4.99 Å². The van der Waals surface area contributed by atoms with E-state index in [2.05, 4.69) is 4.99 Å². The van der Waals surface area contributed by atoms with E-state index in [4.69, 9.17) is 5.41 Å². The number of nitrogens with one attached hydrogen (secondary N) is 1. The third-order valence-corrected chi connectivity index (χ3v) is 1.60. The lowest BCUT2D eigenvalue weighted by atomic mass is 10.2. The van der Waals surface area contributed by atoms with E-state index in [1.807, 2.05) is 37.3 Å². The molecule has 0 saturated carbocycles. The van der Waals surface area contributed by atoms with E-state index in [9.17, 15) is 0 Å². The first-order valence-electron chi connectivity index (χ1n) is 3.86. The lowest BCUT2D eigenvalue weighted by Crippen LogP contribution is -2.01. The SMILES string of the molecule is CC(=N)C(C)=Nc1ccccc1. The molecular weight excluding hydrogens is 148 g/mol. The van der Waals surface area contributed by atoms with Gasteiger partial charge in [0.05, 0.1) is 11.4 Å². The smallest absolute Gasteiger partial charge is 0.0633 e. The van der Waals surface area contributed by atoms with Crippen molar-refractivity contribution in [2.45, 2.75) is 13.8 Å². The fraction of sp³-hybridized carbons (Fsp3) is 0.200. The average Bonchev–Trinajstić information content (AvgIpc) is 2.06. The zero-order chi connectivity index (χ0) is 8.97. The van der Waals surface area contributed by atoms with Crippen molar-refractivity contribution in [3.8, 4) is 0 Å². The summed E-state index contributed by atoms with van der Waals surface area (Å²) >= 11 is 0. The van der Waals surface area contributed by atoms with Gasteiger partial charge in [-0.25, -0.2) is 0 Å². The van der Waals surface area contributed by atoms with Crippen molar-refractivity contribution in [3.05, 3.63) is 30.3 Å². The van der Waals surface area contributed by atoms with E-state index in [0.29, 0.717) is 5.71 Å². The van der Waals surface area contributed by atoms with Crippen LogP contribution < -0.4 is 0 Å². The highest BCUT2D eigenvalue weighted by Gasteiger charge is 1.92. The van der Waals surface area contributed by atoms with Crippen LogP contribution in [0, 0.1) is 5.41 Å². The maximum atomic E-state index is 7.32. The molecule has 0 bridgehead atoms. The Morgan fingerprint density at radius 1 is 1.17 bits per heavy atom. The number of aliphatic imine (C=N–C) groups is 1. The number of rotatable bonds is 2. The predicted molar refractivity (Wildman–Crippen MR) is 52.6 cm³/mol. The maximum absolute atomic E-state index is 7.32. The van der Waals surface area contributed by atoms with E-state index in [0.717, 1.165) is 11.4 Å². The van der Waals surface area contributed by atoms with Crippen molar-refractivity contribution in [1.82, 2.24) is 0 Å². The van der Waals surface area contributed by atoms with Crippen molar-refractivity contribution in [1.29, 1.82) is 5.41 Å². The summed E-state index contributed by atoms with van der Waals surface area (Å²) in [6, 6.07) is 9.67. The highest BCUT2D eigenvalue weighted by Crippen LogP contribution is 2.09. The Hall–Kier alpha value is -1.44. The molecule has 0 saturated heterocycles. The molecule has 12 heavy (non-hydrogen) atoms. The minimum Gasteiger partial charge on any atom is -0.304 e. The van der Waals surface area contributed by atoms with E-state index >= 15 is 0 Å². The fourth-order valence-electron chi connectivity index (χ4n) is 0.780. The Morgan fingerprint density at radius 2 is 1.75 bits per heavy atom. The molecule has 1 aromatic rings. The lowest BCUT2D eigenvalue weighted by molar-refractivity contribution is 1.46. The second kappa shape index (κ2) is 3.81. The van der Waals surface area contributed by atoms with Gasteiger partial charge in [0.2, 0.25) is 0 Å². The maximum Gasteiger partial charge on any atom is 0.0633 e. The van der Waals surface area contributed by atoms with Gasteiger partial charge in [-0.1, -0.05) is 18.2 Å². The first kappa shape index (κ1) is 8.65. The second-order valence-corrected chi connectivity index (χ2v) is 2.66. The summed E-state index contributed by atoms with van der Waals surface area (Å²) in [5.74, 6) is 0. The quantitative estimate of drug-likeness (QED) is 0.646. The predicted octanol–water partition coefficient (Wildman–Crippen LogP) is 2.82. The van der Waals surface area contributed by atoms with Gasteiger partial charge in [0.25, 0.3) is 0 Å². The Kier molecular flexibility index (Phi) is 2.75. The third-order valence-electron chi connectivity index (χ3n) is 1.60. The van der Waals surface area contributed by atoms with Crippen LogP contribution in [0.3, 0.4) is 0 Å². The van der Waals surface area contributed by atoms with Crippen LogP contribution in [0.15, 0.2) is 35.3 Å². The minimum absolute atomic E-state index is 0.513. The van der Waals surface area contributed by atoms with Crippen LogP contribution in [-0.2, 0) is 0 Å². The van der Waals surface area contributed by atoms with Crippen molar-refractivity contribution < 1.29 is 0 Å². The first-order chi connectivity index (χ1) is 5.70. The molecule has 0 fully saturated rings. The van der Waals surface area contributed by atoms with Crippen molar-refractivity contribution in [3.63, 3.8) is 0 Å². The van der Waals surface area contributed by atoms with E-state index < -0.39 is 0 Å². The zero-order valence-electron chi connectivity index (χ0n) is 7.33. The van der Waals surface area contributed by atoms with Gasteiger partial charge in [-0.15, -0.1) is 0 Å². The average molecular weight is 160 g/mol. The van der Waals surface area contributed by atoms with Crippen LogP contribution in [-0.4, -0.2) is 11.4 Å². The molecule has 1 N–H and O–H groups in total. The van der Waals surface area contributed by atoms with Gasteiger partial charge in [-0.2, -0.15) is 0 Å². The molecule has 0 aliphatic rings. The Balaban J connectivity index is 2.89. The summed E-state index contributed by atoms with van der Waals surface area (Å²) in [6.07, 6.45) is 0. The Morgan fingerprint density at radius 3 is 2.25 bits per heavy atom. The standard InChI is InChI=1S/C10H12N2/c1-8(11)9(2)12-10-6-4-3-5-7-10/h3-7,11H,1-2H3. The van der Waals surface area contributed by atoms with Gasteiger partial charge in [0.1, 0.15) is 0 Å². The van der Waals surface area contributed by atoms with Crippen LogP contribution in [0.25, 0.3) is 0 Å². The molecule has 0 radical (unpaired) electrons. The first-order valence-corrected chi connectivity index (χ1v) is 3.86. The van der Waals surface area contributed by atoms with Gasteiger partial charge in [0.15, 0.2) is 0 Å². The minimum atomic E-state index is 0.513. The fourth-order valence-corrected chi connectivity index (χ4v) is 0.780. The normalized spacial score (nSPS) is 11.3. The molecule has 2 nitrogen and oxygen atoms in total. The molecule has 0 unspecified atom stereocenters. The highest BCUT2D eigenvalue weighted by atomic mass is 14.7. The van der Waals surface area contributed by atoms with E-state index in [1.54, 1.807) is 6.92 Å². The number of hydrogen-bond acceptors (Lipinski definition) is 2. The van der Waals surface area contributed by atoms with Crippen molar-refractivity contribution >= 4 is 17.1 Å². The molecule has 0 aromatic heterocycles. The summed E-state index contributed by atoms with van der Waals surface area (Å²) in [7, 11) is 0. The van der Waals surface area contributed by atoms with Crippen LogP contribution >= 0.6 is 0 Å². The monoisotopic (exact) mass is 160 g/mol. The molecule has 62 valence electrons. The summed E-state index contributed by atoms with van der Waals surface area (Å²) < 4.78 is 0. The molecule has 2 heteroatoms. The molecule has 0 aliphatic carbocycles. The molecule has 0 atom stereocenters. The van der Waals surface area contributed by atoms with Gasteiger partial charge >= 0.3 is 0 Å². The Labute approximate surface area is 72.5 Å². The van der Waals surface area contributed by atoms with Gasteiger partial charge < -0.3 is 5.41 Å². The summed E-state index contributed by atoms with van der Waals surface area (Å²) in [5, 5.41) is 7.32. The number of para-hydroxylation sites is 1. The summed E-state index contributed by atoms with van der Waals surface area (Å²) in [6.45, 7) is 3.58. The van der Waals surface area contributed by atoms with E-state index in [1.165, 1.54) is 0 Å². The third kappa shape index (κ3) is 2.31. The van der Waals surface area contributed by atoms with Gasteiger partial charge in [-0.3, -0.25) is 4.99 Å². The Bertz CT molecular complexity index is 299. The molecule has 0 spiro atoms. The number of benzene rings is 1. The van der Waals surface area contributed by atoms with E-state index in [-0.39, 0.29) is 0 Å². The number of hydrogen-bond donors (Lipinski definition) is 1. The number of nitrogens with zero attached hydrogens (tertiary/aromatic N) is 1. The van der Waals surface area contributed by atoms with Crippen LogP contribution in [0.2, 0.25) is 0 Å². The second-order valence-electron chi connectivity index (χ2n) is 2.66. The highest BCUT2D eigenvalue weighted by molar-refractivity contribution is 6.39. The molecule has 0 heterocycles. The summed E-state index contributed by atoms with van der Waals surface area (Å²) in [5.41, 5.74) is 2.18. The molecule has 1 aromatic carbocycles. The molecule has 0 amide bonds. The molecule has 0 aliphatic heterocycles. The van der Waals surface area contributed by atoms with Gasteiger partial charge in [-0.05, 0) is 26.0 Å². The molecular formula is C10H12N2. The van der Waals surface area contributed by atoms with Crippen LogP contribution in [0.4, 0.5) is 5.69 Å². The largest absolute Gasteiger partial charge is 0.304 e. The topological polar surface area (TPSA) is 36.2 Å². The zero-order valence-corrected chi connectivity index (χ0v) is 7.33. The van der Waals surface area contributed by atoms with Crippen molar-refractivity contribution in [2.75, 3.05) is 0 Å². The van der Waals surface area contributed by atoms with Gasteiger partial charge in [0, 0.05) is 5.71 Å². The lowest BCUT2D eigenvalue weighted by Gasteiger charge is -1.96.